The zero-order valence-electron chi connectivity index (χ0n) is 9.80. The van der Waals surface area contributed by atoms with Gasteiger partial charge in [0.2, 0.25) is 5.15 Å². The van der Waals surface area contributed by atoms with Crippen molar-refractivity contribution in [3.8, 4) is 0 Å². The predicted octanol–water partition coefficient (Wildman–Crippen LogP) is 2.27. The summed E-state index contributed by atoms with van der Waals surface area (Å²) in [6, 6.07) is 1.51. The summed E-state index contributed by atoms with van der Waals surface area (Å²) in [6.07, 6.45) is 4.27. The molecule has 0 bridgehead atoms. The van der Waals surface area contributed by atoms with Crippen molar-refractivity contribution in [3.05, 3.63) is 33.1 Å². The smallest absolute Gasteiger partial charge is 0.319 e. The summed E-state index contributed by atoms with van der Waals surface area (Å²) in [6.45, 7) is 0. The molecule has 18 heavy (non-hydrogen) atoms. The van der Waals surface area contributed by atoms with Crippen LogP contribution < -0.4 is 0 Å². The molecule has 1 saturated carbocycles. The van der Waals surface area contributed by atoms with Gasteiger partial charge in [-0.2, -0.15) is 0 Å². The molecule has 0 unspecified atom stereocenters. The number of pyridine rings is 1. The zero-order chi connectivity index (χ0) is 13.3. The van der Waals surface area contributed by atoms with Crippen LogP contribution in [0.5, 0.6) is 0 Å². The van der Waals surface area contributed by atoms with E-state index in [-0.39, 0.29) is 22.7 Å². The van der Waals surface area contributed by atoms with E-state index in [4.69, 9.17) is 11.6 Å². The van der Waals surface area contributed by atoms with Gasteiger partial charge in [-0.3, -0.25) is 14.9 Å². The predicted molar refractivity (Wildman–Crippen MR) is 65.6 cm³/mol. The van der Waals surface area contributed by atoms with E-state index in [2.05, 4.69) is 4.98 Å². The van der Waals surface area contributed by atoms with Crippen molar-refractivity contribution in [2.75, 3.05) is 7.05 Å². The summed E-state index contributed by atoms with van der Waals surface area (Å²) in [5.74, 6) is -0.379. The minimum atomic E-state index is -0.669. The molecule has 1 amide bonds. The van der Waals surface area contributed by atoms with Crippen molar-refractivity contribution in [2.45, 2.75) is 25.3 Å². The second-order valence-corrected chi connectivity index (χ2v) is 4.61. The minimum absolute atomic E-state index is 0.00519. The van der Waals surface area contributed by atoms with Crippen LogP contribution in [-0.2, 0) is 0 Å². The monoisotopic (exact) mass is 269 g/mol. The molecule has 1 aliphatic rings. The van der Waals surface area contributed by atoms with Crippen molar-refractivity contribution < 1.29 is 9.72 Å². The molecule has 0 saturated heterocycles. The van der Waals surface area contributed by atoms with E-state index < -0.39 is 10.6 Å². The molecular formula is C11H12ClN3O3. The molecule has 0 radical (unpaired) electrons. The first kappa shape index (κ1) is 12.8. The third-order valence-corrected chi connectivity index (χ3v) is 3.51. The Labute approximate surface area is 109 Å². The first-order chi connectivity index (χ1) is 8.52. The maximum absolute atomic E-state index is 12.2. The van der Waals surface area contributed by atoms with Crippen LogP contribution in [0.3, 0.4) is 0 Å². The number of halogens is 1. The van der Waals surface area contributed by atoms with E-state index in [1.165, 1.54) is 12.3 Å². The third kappa shape index (κ3) is 2.15. The van der Waals surface area contributed by atoms with Crippen LogP contribution >= 0.6 is 11.6 Å². The Bertz CT molecular complexity index is 502. The Balaban J connectivity index is 2.35. The molecular weight excluding hydrogens is 258 g/mol. The lowest BCUT2D eigenvalue weighted by Crippen LogP contribution is -2.41. The zero-order valence-corrected chi connectivity index (χ0v) is 10.6. The highest BCUT2D eigenvalue weighted by molar-refractivity contribution is 6.32. The van der Waals surface area contributed by atoms with Crippen LogP contribution in [0.1, 0.15) is 29.6 Å². The normalized spacial score (nSPS) is 15.0. The quantitative estimate of drug-likeness (QED) is 0.479. The van der Waals surface area contributed by atoms with Gasteiger partial charge in [0, 0.05) is 19.3 Å². The van der Waals surface area contributed by atoms with E-state index in [0.717, 1.165) is 19.3 Å². The number of rotatable bonds is 3. The van der Waals surface area contributed by atoms with Crippen LogP contribution in [0.15, 0.2) is 12.3 Å². The maximum Gasteiger partial charge on any atom is 0.319 e. The van der Waals surface area contributed by atoms with Crippen molar-refractivity contribution in [1.29, 1.82) is 0 Å². The molecule has 6 nitrogen and oxygen atoms in total. The summed E-state index contributed by atoms with van der Waals surface area (Å²) in [5.41, 5.74) is -0.426. The third-order valence-electron chi connectivity index (χ3n) is 3.24. The van der Waals surface area contributed by atoms with E-state index in [1.54, 1.807) is 11.9 Å². The van der Waals surface area contributed by atoms with Gasteiger partial charge in [-0.15, -0.1) is 0 Å². The van der Waals surface area contributed by atoms with E-state index in [9.17, 15) is 14.9 Å². The lowest BCUT2D eigenvalue weighted by atomic mass is 9.91. The highest BCUT2D eigenvalue weighted by Gasteiger charge is 2.31. The average molecular weight is 270 g/mol. The second kappa shape index (κ2) is 4.89. The number of amides is 1. The molecule has 96 valence electrons. The Hall–Kier alpha value is -1.69. The Morgan fingerprint density at radius 3 is 2.78 bits per heavy atom. The number of nitrogens with zero attached hydrogens (tertiary/aromatic N) is 3. The molecule has 0 atom stereocenters. The summed E-state index contributed by atoms with van der Waals surface area (Å²) in [7, 11) is 1.66. The fraction of sp³-hybridized carbons (Fsp3) is 0.455. The standard InChI is InChI=1S/C11H12ClN3O3/c1-14(7-3-2-4-7)11(16)8-5-6-13-10(12)9(8)15(17)18/h5-7H,2-4H2,1H3. The largest absolute Gasteiger partial charge is 0.339 e. The van der Waals surface area contributed by atoms with Crippen LogP contribution in [0, 0.1) is 10.1 Å². The maximum atomic E-state index is 12.2. The highest BCUT2D eigenvalue weighted by Crippen LogP contribution is 2.30. The van der Waals surface area contributed by atoms with Gasteiger partial charge >= 0.3 is 5.69 Å². The van der Waals surface area contributed by atoms with Crippen LogP contribution in [0.25, 0.3) is 0 Å². The van der Waals surface area contributed by atoms with Crippen molar-refractivity contribution in [1.82, 2.24) is 9.88 Å². The van der Waals surface area contributed by atoms with Crippen LogP contribution in [0.2, 0.25) is 5.15 Å². The molecule has 0 spiro atoms. The molecule has 2 rings (SSSR count). The number of hydrogen-bond acceptors (Lipinski definition) is 4. The van der Waals surface area contributed by atoms with E-state index >= 15 is 0 Å². The average Bonchev–Trinajstić information content (AvgIpc) is 2.24. The van der Waals surface area contributed by atoms with Crippen molar-refractivity contribution in [2.24, 2.45) is 0 Å². The van der Waals surface area contributed by atoms with E-state index in [1.807, 2.05) is 0 Å². The number of carbonyl (C=O) groups is 1. The minimum Gasteiger partial charge on any atom is -0.339 e. The summed E-state index contributed by atoms with van der Waals surface area (Å²) in [5, 5.41) is 10.7. The van der Waals surface area contributed by atoms with Gasteiger partial charge in [0.1, 0.15) is 5.56 Å². The fourth-order valence-corrected chi connectivity index (χ4v) is 2.13. The molecule has 1 aromatic rings. The first-order valence-electron chi connectivity index (χ1n) is 5.58. The molecule has 1 fully saturated rings. The van der Waals surface area contributed by atoms with Gasteiger partial charge in [-0.05, 0) is 25.3 Å². The SMILES string of the molecule is CN(C(=O)c1ccnc(Cl)c1[N+](=O)[O-])C1CCC1. The fourth-order valence-electron chi connectivity index (χ4n) is 1.90. The first-order valence-corrected chi connectivity index (χ1v) is 5.96. The van der Waals surface area contributed by atoms with Gasteiger partial charge in [-0.1, -0.05) is 11.6 Å². The summed E-state index contributed by atoms with van der Waals surface area (Å²) < 4.78 is 0. The summed E-state index contributed by atoms with van der Waals surface area (Å²) in [4.78, 5) is 27.6. The van der Waals surface area contributed by atoms with Gasteiger partial charge in [-0.25, -0.2) is 4.98 Å². The van der Waals surface area contributed by atoms with Crippen LogP contribution in [0.4, 0.5) is 5.69 Å². The molecule has 0 aliphatic heterocycles. The Morgan fingerprint density at radius 1 is 1.61 bits per heavy atom. The van der Waals surface area contributed by atoms with Crippen molar-refractivity contribution in [3.63, 3.8) is 0 Å². The number of carbonyl (C=O) groups excluding carboxylic acids is 1. The van der Waals surface area contributed by atoms with Gasteiger partial charge in [0.05, 0.1) is 4.92 Å². The lowest BCUT2D eigenvalue weighted by Gasteiger charge is -2.34. The van der Waals surface area contributed by atoms with Crippen molar-refractivity contribution >= 4 is 23.2 Å². The van der Waals surface area contributed by atoms with Crippen LogP contribution in [-0.4, -0.2) is 33.8 Å². The molecule has 1 aromatic heterocycles. The van der Waals surface area contributed by atoms with Gasteiger partial charge in [0.25, 0.3) is 5.91 Å². The summed E-state index contributed by atoms with van der Waals surface area (Å²) >= 11 is 5.68. The molecule has 1 aliphatic carbocycles. The molecule has 0 aromatic carbocycles. The van der Waals surface area contributed by atoms with E-state index in [0.29, 0.717) is 0 Å². The Kier molecular flexibility index (Phi) is 3.47. The highest BCUT2D eigenvalue weighted by atomic mass is 35.5. The number of aromatic nitrogens is 1. The lowest BCUT2D eigenvalue weighted by molar-refractivity contribution is -0.385. The van der Waals surface area contributed by atoms with Gasteiger partial charge < -0.3 is 4.90 Å². The number of hydrogen-bond donors (Lipinski definition) is 0. The molecule has 0 N–H and O–H groups in total. The Morgan fingerprint density at radius 2 is 2.28 bits per heavy atom. The van der Waals surface area contributed by atoms with Gasteiger partial charge in [0.15, 0.2) is 0 Å². The molecule has 7 heteroatoms. The molecule has 1 heterocycles. The topological polar surface area (TPSA) is 76.3 Å². The number of nitro groups is 1. The second-order valence-electron chi connectivity index (χ2n) is 4.26.